The molecule has 0 bridgehead atoms. The summed E-state index contributed by atoms with van der Waals surface area (Å²) in [4.78, 5) is 24.6. The van der Waals surface area contributed by atoms with Crippen LogP contribution in [0.5, 0.6) is 0 Å². The van der Waals surface area contributed by atoms with E-state index in [0.717, 1.165) is 35.2 Å². The first-order valence-corrected chi connectivity index (χ1v) is 10.4. The molecular formula is C20H25N3O4S. The van der Waals surface area contributed by atoms with Crippen molar-refractivity contribution in [3.05, 3.63) is 50.8 Å². The Balaban J connectivity index is 1.60. The number of hydrogen-bond acceptors (Lipinski definition) is 7. The smallest absolute Gasteiger partial charge is 0.259 e. The number of H-pyrrole nitrogens is 1. The van der Waals surface area contributed by atoms with E-state index in [9.17, 15) is 9.90 Å². The molecule has 0 unspecified atom stereocenters. The molecule has 3 aromatic heterocycles. The molecule has 3 heterocycles. The van der Waals surface area contributed by atoms with E-state index in [-0.39, 0.29) is 12.2 Å². The first kappa shape index (κ1) is 19.3. The number of aryl methyl sites for hydroxylation is 2. The number of fused-ring (bicyclic) bond motifs is 3. The highest BCUT2D eigenvalue weighted by Crippen LogP contribution is 2.33. The van der Waals surface area contributed by atoms with Gasteiger partial charge in [0, 0.05) is 18.5 Å². The third-order valence-electron chi connectivity index (χ3n) is 5.04. The number of aliphatic hydroxyl groups excluding tert-OH is 1. The van der Waals surface area contributed by atoms with Gasteiger partial charge >= 0.3 is 0 Å². The molecule has 0 radical (unpaired) electrons. The van der Waals surface area contributed by atoms with E-state index in [0.29, 0.717) is 25.5 Å². The van der Waals surface area contributed by atoms with Gasteiger partial charge in [0.15, 0.2) is 0 Å². The lowest BCUT2D eigenvalue weighted by Crippen LogP contribution is -2.35. The minimum absolute atomic E-state index is 0.0604. The van der Waals surface area contributed by atoms with Crippen molar-refractivity contribution in [1.82, 2.24) is 14.9 Å². The van der Waals surface area contributed by atoms with Crippen LogP contribution < -0.4 is 5.56 Å². The molecule has 1 aliphatic rings. The van der Waals surface area contributed by atoms with E-state index < -0.39 is 6.10 Å². The number of nitrogens with one attached hydrogen (secondary N) is 1. The Hall–Kier alpha value is -2.00. The van der Waals surface area contributed by atoms with Crippen LogP contribution in [-0.4, -0.2) is 46.3 Å². The van der Waals surface area contributed by atoms with Gasteiger partial charge in [-0.3, -0.25) is 9.69 Å². The first-order valence-electron chi connectivity index (χ1n) is 9.59. The van der Waals surface area contributed by atoms with Gasteiger partial charge in [-0.25, -0.2) is 4.98 Å². The van der Waals surface area contributed by atoms with Crippen LogP contribution >= 0.6 is 11.3 Å². The maximum Gasteiger partial charge on any atom is 0.259 e. The minimum atomic E-state index is -0.635. The van der Waals surface area contributed by atoms with Crippen LogP contribution in [0.25, 0.3) is 10.2 Å². The van der Waals surface area contributed by atoms with E-state index >= 15 is 0 Å². The second kappa shape index (κ2) is 8.57. The highest BCUT2D eigenvalue weighted by molar-refractivity contribution is 7.18. The summed E-state index contributed by atoms with van der Waals surface area (Å²) < 4.78 is 10.5. The summed E-state index contributed by atoms with van der Waals surface area (Å²) in [6.45, 7) is 1.55. The highest BCUT2D eigenvalue weighted by Gasteiger charge is 2.21. The van der Waals surface area contributed by atoms with Crippen molar-refractivity contribution in [2.45, 2.75) is 44.9 Å². The molecule has 150 valence electrons. The van der Waals surface area contributed by atoms with Gasteiger partial charge in [-0.05, 0) is 43.4 Å². The molecule has 0 amide bonds. The summed E-state index contributed by atoms with van der Waals surface area (Å²) in [5.74, 6) is 1.40. The van der Waals surface area contributed by atoms with Crippen LogP contribution in [-0.2, 0) is 30.7 Å². The second-order valence-electron chi connectivity index (χ2n) is 7.26. The molecule has 0 spiro atoms. The number of furan rings is 1. The van der Waals surface area contributed by atoms with Gasteiger partial charge < -0.3 is 19.2 Å². The standard InChI is InChI=1S/C20H25N3O4S/c1-26-12-13(24)9-23(10-14-5-4-8-27-14)11-17-21-19(25)18-15-6-2-3-7-16(15)28-20(18)22-17/h4-5,8,13,24H,2-3,6-7,9-12H2,1H3,(H,21,22,25)/t13-/m0/s1. The third-order valence-corrected chi connectivity index (χ3v) is 6.22. The summed E-state index contributed by atoms with van der Waals surface area (Å²) in [6.07, 6.45) is 5.31. The molecule has 0 saturated carbocycles. The van der Waals surface area contributed by atoms with Crippen LogP contribution in [0, 0.1) is 0 Å². The normalized spacial score (nSPS) is 15.2. The fraction of sp³-hybridized carbons (Fsp3) is 0.500. The van der Waals surface area contributed by atoms with Crippen molar-refractivity contribution in [1.29, 1.82) is 0 Å². The van der Waals surface area contributed by atoms with E-state index in [1.165, 1.54) is 16.9 Å². The Kier molecular flexibility index (Phi) is 5.91. The van der Waals surface area contributed by atoms with Crippen molar-refractivity contribution in [3.8, 4) is 0 Å². The number of thiophene rings is 1. The molecule has 8 heteroatoms. The minimum Gasteiger partial charge on any atom is -0.468 e. The SMILES string of the molecule is COC[C@@H](O)CN(Cc1nc2sc3c(c2c(=O)[nH]1)CCCC3)Cc1ccco1. The number of aromatic nitrogens is 2. The van der Waals surface area contributed by atoms with Gasteiger partial charge in [0.25, 0.3) is 5.56 Å². The molecule has 0 fully saturated rings. The number of aromatic amines is 1. The topological polar surface area (TPSA) is 91.6 Å². The van der Waals surface area contributed by atoms with E-state index in [1.54, 1.807) is 24.7 Å². The first-order chi connectivity index (χ1) is 13.6. The van der Waals surface area contributed by atoms with Gasteiger partial charge in [0.05, 0.1) is 37.4 Å². The zero-order chi connectivity index (χ0) is 19.5. The Morgan fingerprint density at radius 2 is 2.25 bits per heavy atom. The number of aliphatic hydroxyl groups is 1. The van der Waals surface area contributed by atoms with Crippen molar-refractivity contribution in [2.24, 2.45) is 0 Å². The van der Waals surface area contributed by atoms with Crippen LogP contribution in [0.1, 0.15) is 34.9 Å². The molecule has 0 aliphatic heterocycles. The third kappa shape index (κ3) is 4.20. The number of nitrogens with zero attached hydrogens (tertiary/aromatic N) is 2. The lowest BCUT2D eigenvalue weighted by molar-refractivity contribution is 0.0317. The fourth-order valence-corrected chi connectivity index (χ4v) is 5.13. The Morgan fingerprint density at radius 1 is 1.39 bits per heavy atom. The molecule has 0 aromatic carbocycles. The Labute approximate surface area is 167 Å². The molecule has 28 heavy (non-hydrogen) atoms. The number of rotatable bonds is 8. The van der Waals surface area contributed by atoms with Gasteiger partial charge in [-0.2, -0.15) is 0 Å². The van der Waals surface area contributed by atoms with Gasteiger partial charge in [-0.15, -0.1) is 11.3 Å². The summed E-state index contributed by atoms with van der Waals surface area (Å²) in [5, 5.41) is 10.9. The molecule has 1 atom stereocenters. The van der Waals surface area contributed by atoms with Gasteiger partial charge in [0.1, 0.15) is 16.4 Å². The maximum absolute atomic E-state index is 12.8. The zero-order valence-electron chi connectivity index (χ0n) is 15.9. The average Bonchev–Trinajstić information content (AvgIpc) is 3.28. The van der Waals surface area contributed by atoms with E-state index in [1.807, 2.05) is 17.0 Å². The monoisotopic (exact) mass is 403 g/mol. The highest BCUT2D eigenvalue weighted by atomic mass is 32.1. The zero-order valence-corrected chi connectivity index (χ0v) is 16.8. The molecule has 0 saturated heterocycles. The molecular weight excluding hydrogens is 378 g/mol. The quantitative estimate of drug-likeness (QED) is 0.600. The maximum atomic E-state index is 12.8. The molecule has 2 N–H and O–H groups in total. The summed E-state index contributed by atoms with van der Waals surface area (Å²) in [6, 6.07) is 3.73. The van der Waals surface area contributed by atoms with Gasteiger partial charge in [0.2, 0.25) is 0 Å². The Bertz CT molecular complexity index is 979. The van der Waals surface area contributed by atoms with Crippen LogP contribution in [0.2, 0.25) is 0 Å². The second-order valence-corrected chi connectivity index (χ2v) is 8.35. The number of methoxy groups -OCH3 is 1. The van der Waals surface area contributed by atoms with Gasteiger partial charge in [-0.1, -0.05) is 0 Å². The van der Waals surface area contributed by atoms with Crippen molar-refractivity contribution in [3.63, 3.8) is 0 Å². The molecule has 4 rings (SSSR count). The van der Waals surface area contributed by atoms with Crippen LogP contribution in [0.3, 0.4) is 0 Å². The number of hydrogen-bond donors (Lipinski definition) is 2. The predicted molar refractivity (Wildman–Crippen MR) is 108 cm³/mol. The largest absolute Gasteiger partial charge is 0.468 e. The van der Waals surface area contributed by atoms with Crippen molar-refractivity contribution >= 4 is 21.6 Å². The van der Waals surface area contributed by atoms with E-state index in [2.05, 4.69) is 4.98 Å². The lowest BCUT2D eigenvalue weighted by Gasteiger charge is -2.23. The Morgan fingerprint density at radius 3 is 3.04 bits per heavy atom. The van der Waals surface area contributed by atoms with Crippen molar-refractivity contribution in [2.75, 3.05) is 20.3 Å². The summed E-state index contributed by atoms with van der Waals surface area (Å²) in [5.41, 5.74) is 1.13. The number of ether oxygens (including phenoxy) is 1. The average molecular weight is 404 g/mol. The van der Waals surface area contributed by atoms with Crippen LogP contribution in [0.4, 0.5) is 0 Å². The summed E-state index contributed by atoms with van der Waals surface area (Å²) in [7, 11) is 1.56. The summed E-state index contributed by atoms with van der Waals surface area (Å²) >= 11 is 1.65. The fourth-order valence-electron chi connectivity index (χ4n) is 3.85. The predicted octanol–water partition coefficient (Wildman–Crippen LogP) is 2.47. The lowest BCUT2D eigenvalue weighted by atomic mass is 9.97. The molecule has 3 aromatic rings. The van der Waals surface area contributed by atoms with Crippen LogP contribution in [0.15, 0.2) is 27.6 Å². The van der Waals surface area contributed by atoms with E-state index in [4.69, 9.17) is 14.1 Å². The molecule has 7 nitrogen and oxygen atoms in total. The molecule has 1 aliphatic carbocycles. The van der Waals surface area contributed by atoms with Crippen molar-refractivity contribution < 1.29 is 14.3 Å².